The van der Waals surface area contributed by atoms with Crippen LogP contribution in [-0.4, -0.2) is 40.8 Å². The third kappa shape index (κ3) is 10.3. The fourth-order valence-corrected chi connectivity index (χ4v) is 2.55. The molecule has 0 heterocycles. The standard InChI is InChI=1S/C18H20BrFN2O2.C2HF3O2/c1-13(21)10-22(11-15-7-8-16(19)9-17(15)20)18(23)24-12-14-5-3-2-4-6-14;3-2(4,5)1(6)7/h2-9,13H,10-12,21H2,1H3;(H,6,7). The van der Waals surface area contributed by atoms with Gasteiger partial charge in [-0.15, -0.1) is 0 Å². The van der Waals surface area contributed by atoms with E-state index in [9.17, 15) is 22.4 Å². The topological polar surface area (TPSA) is 92.9 Å². The Balaban J connectivity index is 0.000000592. The molecule has 1 atom stereocenters. The third-order valence-electron chi connectivity index (χ3n) is 3.59. The predicted octanol–water partition coefficient (Wildman–Crippen LogP) is 4.71. The van der Waals surface area contributed by atoms with Gasteiger partial charge >= 0.3 is 18.2 Å². The number of rotatable bonds is 6. The van der Waals surface area contributed by atoms with Crippen LogP contribution in [0.4, 0.5) is 22.4 Å². The minimum atomic E-state index is -5.08. The lowest BCUT2D eigenvalue weighted by atomic mass is 10.2. The van der Waals surface area contributed by atoms with Crippen LogP contribution >= 0.6 is 15.9 Å². The number of alkyl halides is 3. The molecule has 3 N–H and O–H groups in total. The number of nitrogens with two attached hydrogens (primary N) is 1. The van der Waals surface area contributed by atoms with E-state index in [1.54, 1.807) is 19.1 Å². The maximum atomic E-state index is 14.0. The highest BCUT2D eigenvalue weighted by Crippen LogP contribution is 2.18. The quantitative estimate of drug-likeness (QED) is 0.551. The maximum absolute atomic E-state index is 14.0. The van der Waals surface area contributed by atoms with Gasteiger partial charge in [-0.3, -0.25) is 0 Å². The molecule has 0 aromatic heterocycles. The molecule has 11 heteroatoms. The second-order valence-electron chi connectivity index (χ2n) is 6.44. The van der Waals surface area contributed by atoms with Crippen LogP contribution in [0.25, 0.3) is 0 Å². The van der Waals surface area contributed by atoms with Crippen LogP contribution in [0.15, 0.2) is 53.0 Å². The number of halogens is 5. The SMILES string of the molecule is CC(N)CN(Cc1ccc(Br)cc1F)C(=O)OCc1ccccc1.O=C(O)C(F)(F)F. The molecule has 6 nitrogen and oxygen atoms in total. The largest absolute Gasteiger partial charge is 0.490 e. The first kappa shape index (κ1) is 26.4. The first-order valence-electron chi connectivity index (χ1n) is 8.85. The molecule has 0 saturated heterocycles. The molecule has 0 radical (unpaired) electrons. The highest BCUT2D eigenvalue weighted by Gasteiger charge is 2.38. The van der Waals surface area contributed by atoms with Crippen LogP contribution in [0.5, 0.6) is 0 Å². The summed E-state index contributed by atoms with van der Waals surface area (Å²) in [6, 6.07) is 13.9. The van der Waals surface area contributed by atoms with Gasteiger partial charge in [0.05, 0.1) is 6.54 Å². The number of carbonyl (C=O) groups is 2. The van der Waals surface area contributed by atoms with Gasteiger partial charge in [-0.25, -0.2) is 14.0 Å². The minimum absolute atomic E-state index is 0.105. The van der Waals surface area contributed by atoms with Crippen LogP contribution in [0, 0.1) is 5.82 Å². The molecular weight excluding hydrogens is 488 g/mol. The van der Waals surface area contributed by atoms with E-state index < -0.39 is 18.2 Å². The summed E-state index contributed by atoms with van der Waals surface area (Å²) in [5.41, 5.74) is 7.11. The van der Waals surface area contributed by atoms with Gasteiger partial charge in [0.25, 0.3) is 0 Å². The molecule has 0 fully saturated rings. The van der Waals surface area contributed by atoms with Crippen LogP contribution in [-0.2, 0) is 22.7 Å². The summed E-state index contributed by atoms with van der Waals surface area (Å²) in [6.45, 7) is 2.34. The Kier molecular flexibility index (Phi) is 10.4. The maximum Gasteiger partial charge on any atom is 0.490 e. The van der Waals surface area contributed by atoms with Gasteiger partial charge < -0.3 is 20.5 Å². The average molecular weight is 509 g/mol. The smallest absolute Gasteiger partial charge is 0.475 e. The van der Waals surface area contributed by atoms with Crippen molar-refractivity contribution >= 4 is 28.0 Å². The Hall–Kier alpha value is -2.66. The molecule has 0 aliphatic heterocycles. The number of aliphatic carboxylic acids is 1. The molecule has 2 aromatic rings. The zero-order chi connectivity index (χ0) is 23.6. The van der Waals surface area contributed by atoms with E-state index in [1.807, 2.05) is 30.3 Å². The predicted molar refractivity (Wildman–Crippen MR) is 108 cm³/mol. The average Bonchev–Trinajstić information content (AvgIpc) is 2.67. The lowest BCUT2D eigenvalue weighted by Gasteiger charge is -2.24. The summed E-state index contributed by atoms with van der Waals surface area (Å²) in [5, 5.41) is 7.12. The number of carboxylic acid groups (broad SMARTS) is 1. The van der Waals surface area contributed by atoms with E-state index in [0.29, 0.717) is 10.0 Å². The summed E-state index contributed by atoms with van der Waals surface area (Å²) in [4.78, 5) is 22.7. The Bertz CT molecular complexity index is 864. The van der Waals surface area contributed by atoms with Crippen molar-refractivity contribution < 1.29 is 37.0 Å². The normalized spacial score (nSPS) is 11.7. The number of hydrogen-bond acceptors (Lipinski definition) is 4. The van der Waals surface area contributed by atoms with Crippen molar-refractivity contribution in [3.05, 3.63) is 69.9 Å². The van der Waals surface area contributed by atoms with Crippen molar-refractivity contribution in [1.29, 1.82) is 0 Å². The minimum Gasteiger partial charge on any atom is -0.475 e. The van der Waals surface area contributed by atoms with Crippen molar-refractivity contribution in [3.8, 4) is 0 Å². The number of ether oxygens (including phenoxy) is 1. The first-order chi connectivity index (χ1) is 14.4. The van der Waals surface area contributed by atoms with E-state index in [0.717, 1.165) is 5.56 Å². The number of carboxylic acids is 1. The number of amides is 1. The van der Waals surface area contributed by atoms with Crippen molar-refractivity contribution in [2.75, 3.05) is 6.54 Å². The number of hydrogen-bond donors (Lipinski definition) is 2. The Morgan fingerprint density at radius 1 is 1.19 bits per heavy atom. The van der Waals surface area contributed by atoms with E-state index in [-0.39, 0.29) is 31.6 Å². The molecule has 1 amide bonds. The highest BCUT2D eigenvalue weighted by atomic mass is 79.9. The van der Waals surface area contributed by atoms with Crippen LogP contribution < -0.4 is 5.73 Å². The van der Waals surface area contributed by atoms with Gasteiger partial charge in [0.2, 0.25) is 0 Å². The first-order valence-corrected chi connectivity index (χ1v) is 9.64. The summed E-state index contributed by atoms with van der Waals surface area (Å²) < 4.78 is 51.7. The van der Waals surface area contributed by atoms with Crippen LogP contribution in [0.3, 0.4) is 0 Å². The molecule has 0 bridgehead atoms. The monoisotopic (exact) mass is 508 g/mol. The molecular formula is C20H21BrF4N2O4. The lowest BCUT2D eigenvalue weighted by molar-refractivity contribution is -0.192. The Morgan fingerprint density at radius 2 is 1.77 bits per heavy atom. The number of nitrogens with zero attached hydrogens (tertiary/aromatic N) is 1. The van der Waals surface area contributed by atoms with E-state index >= 15 is 0 Å². The fraction of sp³-hybridized carbons (Fsp3) is 0.300. The van der Waals surface area contributed by atoms with Gasteiger partial charge in [-0.1, -0.05) is 52.3 Å². The van der Waals surface area contributed by atoms with Crippen molar-refractivity contribution in [2.24, 2.45) is 5.73 Å². The molecule has 170 valence electrons. The fourth-order valence-electron chi connectivity index (χ4n) is 2.22. The van der Waals surface area contributed by atoms with Crippen molar-refractivity contribution in [2.45, 2.75) is 32.3 Å². The summed E-state index contributed by atoms with van der Waals surface area (Å²) in [6.07, 6.45) is -5.60. The van der Waals surface area contributed by atoms with Gasteiger partial charge in [-0.2, -0.15) is 13.2 Å². The summed E-state index contributed by atoms with van der Waals surface area (Å²) in [7, 11) is 0. The molecule has 0 aliphatic rings. The van der Waals surface area contributed by atoms with Gasteiger partial charge in [0, 0.05) is 22.6 Å². The Morgan fingerprint density at radius 3 is 2.26 bits per heavy atom. The van der Waals surface area contributed by atoms with Crippen LogP contribution in [0.2, 0.25) is 0 Å². The van der Waals surface area contributed by atoms with E-state index in [4.69, 9.17) is 20.4 Å². The molecule has 31 heavy (non-hydrogen) atoms. The highest BCUT2D eigenvalue weighted by molar-refractivity contribution is 9.10. The third-order valence-corrected chi connectivity index (χ3v) is 4.08. The van der Waals surface area contributed by atoms with E-state index in [2.05, 4.69) is 15.9 Å². The molecule has 0 saturated carbocycles. The number of benzene rings is 2. The second-order valence-corrected chi connectivity index (χ2v) is 7.35. The van der Waals surface area contributed by atoms with Crippen molar-refractivity contribution in [3.63, 3.8) is 0 Å². The zero-order valence-electron chi connectivity index (χ0n) is 16.4. The lowest BCUT2D eigenvalue weighted by Crippen LogP contribution is -2.39. The molecule has 1 unspecified atom stereocenters. The Labute approximate surface area is 184 Å². The molecule has 2 aromatic carbocycles. The summed E-state index contributed by atoms with van der Waals surface area (Å²) in [5.74, 6) is -3.14. The summed E-state index contributed by atoms with van der Waals surface area (Å²) >= 11 is 3.22. The van der Waals surface area contributed by atoms with Gasteiger partial charge in [0.1, 0.15) is 12.4 Å². The molecule has 0 spiro atoms. The molecule has 2 rings (SSSR count). The zero-order valence-corrected chi connectivity index (χ0v) is 18.0. The van der Waals surface area contributed by atoms with Crippen molar-refractivity contribution in [1.82, 2.24) is 4.90 Å². The van der Waals surface area contributed by atoms with Crippen LogP contribution in [0.1, 0.15) is 18.1 Å². The van der Waals surface area contributed by atoms with Gasteiger partial charge in [0.15, 0.2) is 0 Å². The number of carbonyl (C=O) groups excluding carboxylic acids is 1. The van der Waals surface area contributed by atoms with Gasteiger partial charge in [-0.05, 0) is 24.6 Å². The van der Waals surface area contributed by atoms with E-state index in [1.165, 1.54) is 11.0 Å². The molecule has 0 aliphatic carbocycles. The second kappa shape index (κ2) is 12.3.